The lowest BCUT2D eigenvalue weighted by Crippen LogP contribution is -2.09. The van der Waals surface area contributed by atoms with Gasteiger partial charge in [-0.15, -0.1) is 0 Å². The number of aromatic nitrogens is 3. The van der Waals surface area contributed by atoms with Crippen molar-refractivity contribution in [3.8, 4) is 0 Å². The molecule has 0 fully saturated rings. The van der Waals surface area contributed by atoms with Crippen molar-refractivity contribution >= 4 is 28.6 Å². The molecule has 118 valence electrons. The van der Waals surface area contributed by atoms with Crippen LogP contribution in [-0.2, 0) is 12.7 Å². The first-order valence-corrected chi connectivity index (χ1v) is 7.06. The zero-order valence-electron chi connectivity index (χ0n) is 11.8. The van der Waals surface area contributed by atoms with Crippen LogP contribution in [0, 0.1) is 0 Å². The number of hydrogen-bond donors (Lipinski definition) is 0. The third-order valence-electron chi connectivity index (χ3n) is 3.36. The normalized spacial score (nSPS) is 11.8. The molecular weight excluding hydrogens is 327 g/mol. The standard InChI is InChI=1S/C16H11ClF3N3/c1-2-13-7-15(16(18,19)20)22-23(13)9-10-3-4-14-11(5-10)6-12(17)8-21-14/h2-8H,1,9H2. The van der Waals surface area contributed by atoms with E-state index in [0.29, 0.717) is 10.7 Å². The van der Waals surface area contributed by atoms with Gasteiger partial charge in [0.05, 0.1) is 22.8 Å². The highest BCUT2D eigenvalue weighted by atomic mass is 35.5. The Morgan fingerprint density at radius 1 is 1.22 bits per heavy atom. The lowest BCUT2D eigenvalue weighted by Gasteiger charge is -2.07. The number of benzene rings is 1. The summed E-state index contributed by atoms with van der Waals surface area (Å²) in [5.41, 5.74) is 0.930. The van der Waals surface area contributed by atoms with Crippen molar-refractivity contribution in [2.24, 2.45) is 0 Å². The summed E-state index contributed by atoms with van der Waals surface area (Å²) in [5.74, 6) is 0. The molecule has 2 heterocycles. The maximum Gasteiger partial charge on any atom is 0.435 e. The van der Waals surface area contributed by atoms with E-state index in [1.807, 2.05) is 6.07 Å². The minimum absolute atomic E-state index is 0.194. The van der Waals surface area contributed by atoms with Crippen molar-refractivity contribution in [3.63, 3.8) is 0 Å². The largest absolute Gasteiger partial charge is 0.435 e. The van der Waals surface area contributed by atoms with E-state index in [2.05, 4.69) is 16.7 Å². The summed E-state index contributed by atoms with van der Waals surface area (Å²) in [4.78, 5) is 4.18. The molecule has 0 aliphatic carbocycles. The maximum atomic E-state index is 12.8. The summed E-state index contributed by atoms with van der Waals surface area (Å²) in [5, 5.41) is 4.94. The van der Waals surface area contributed by atoms with Gasteiger partial charge in [-0.25, -0.2) is 0 Å². The van der Waals surface area contributed by atoms with Gasteiger partial charge in [-0.1, -0.05) is 24.2 Å². The molecule has 3 nitrogen and oxygen atoms in total. The molecule has 0 saturated carbocycles. The van der Waals surface area contributed by atoms with E-state index in [0.717, 1.165) is 22.5 Å². The van der Waals surface area contributed by atoms with Crippen LogP contribution < -0.4 is 0 Å². The summed E-state index contributed by atoms with van der Waals surface area (Å²) >= 11 is 5.91. The number of alkyl halides is 3. The predicted octanol–water partition coefficient (Wildman–Crippen LogP) is 4.79. The molecule has 0 unspecified atom stereocenters. The van der Waals surface area contributed by atoms with Gasteiger partial charge in [-0.05, 0) is 35.9 Å². The van der Waals surface area contributed by atoms with Crippen LogP contribution in [0.25, 0.3) is 17.0 Å². The minimum atomic E-state index is -4.48. The fraction of sp³-hybridized carbons (Fsp3) is 0.125. The molecule has 0 aliphatic heterocycles. The van der Waals surface area contributed by atoms with E-state index in [9.17, 15) is 13.2 Å². The minimum Gasteiger partial charge on any atom is -0.260 e. The van der Waals surface area contributed by atoms with Gasteiger partial charge < -0.3 is 0 Å². The first kappa shape index (κ1) is 15.6. The first-order valence-electron chi connectivity index (χ1n) is 6.68. The molecule has 0 bridgehead atoms. The molecule has 0 aliphatic rings. The van der Waals surface area contributed by atoms with Crippen LogP contribution in [0.1, 0.15) is 17.0 Å². The average Bonchev–Trinajstić information content (AvgIpc) is 2.90. The van der Waals surface area contributed by atoms with Crippen molar-refractivity contribution in [1.29, 1.82) is 0 Å². The number of hydrogen-bond acceptors (Lipinski definition) is 2. The third-order valence-corrected chi connectivity index (χ3v) is 3.56. The Bertz CT molecular complexity index is 884. The molecular formula is C16H11ClF3N3. The van der Waals surface area contributed by atoms with E-state index in [1.165, 1.54) is 10.8 Å². The van der Waals surface area contributed by atoms with E-state index >= 15 is 0 Å². The maximum absolute atomic E-state index is 12.8. The van der Waals surface area contributed by atoms with Gasteiger partial charge >= 0.3 is 6.18 Å². The van der Waals surface area contributed by atoms with Crippen LogP contribution in [0.15, 0.2) is 43.1 Å². The van der Waals surface area contributed by atoms with Crippen molar-refractivity contribution in [2.45, 2.75) is 12.7 Å². The second kappa shape index (κ2) is 5.70. The van der Waals surface area contributed by atoms with Crippen LogP contribution in [0.3, 0.4) is 0 Å². The fourth-order valence-electron chi connectivity index (χ4n) is 2.29. The molecule has 7 heteroatoms. The van der Waals surface area contributed by atoms with Gasteiger partial charge in [0.1, 0.15) is 0 Å². The van der Waals surface area contributed by atoms with Crippen LogP contribution in [0.2, 0.25) is 5.02 Å². The number of pyridine rings is 1. The molecule has 0 atom stereocenters. The molecule has 0 N–H and O–H groups in total. The highest BCUT2D eigenvalue weighted by Gasteiger charge is 2.34. The number of rotatable bonds is 3. The average molecular weight is 338 g/mol. The second-order valence-corrected chi connectivity index (χ2v) is 5.43. The highest BCUT2D eigenvalue weighted by Crippen LogP contribution is 2.29. The number of halogens is 4. The molecule has 3 rings (SSSR count). The zero-order valence-corrected chi connectivity index (χ0v) is 12.6. The van der Waals surface area contributed by atoms with Gasteiger partial charge in [-0.3, -0.25) is 9.67 Å². The van der Waals surface area contributed by atoms with Gasteiger partial charge in [0, 0.05) is 11.6 Å². The Hall–Kier alpha value is -2.34. The third kappa shape index (κ3) is 3.22. The second-order valence-electron chi connectivity index (χ2n) is 4.99. The predicted molar refractivity (Wildman–Crippen MR) is 83.2 cm³/mol. The molecule has 0 saturated heterocycles. The lowest BCUT2D eigenvalue weighted by molar-refractivity contribution is -0.141. The van der Waals surface area contributed by atoms with Gasteiger partial charge in [-0.2, -0.15) is 18.3 Å². The quantitative estimate of drug-likeness (QED) is 0.687. The van der Waals surface area contributed by atoms with Crippen LogP contribution >= 0.6 is 11.6 Å². The van der Waals surface area contributed by atoms with Gasteiger partial charge in [0.15, 0.2) is 5.69 Å². The molecule has 1 aromatic carbocycles. The van der Waals surface area contributed by atoms with Crippen LogP contribution in [0.4, 0.5) is 13.2 Å². The molecule has 0 radical (unpaired) electrons. The topological polar surface area (TPSA) is 30.7 Å². The Labute approximate surface area is 135 Å². The summed E-state index contributed by atoms with van der Waals surface area (Å²) in [6.07, 6.45) is -1.59. The van der Waals surface area contributed by atoms with Gasteiger partial charge in [0.2, 0.25) is 0 Å². The van der Waals surface area contributed by atoms with Crippen LogP contribution in [0.5, 0.6) is 0 Å². The Morgan fingerprint density at radius 2 is 2.00 bits per heavy atom. The Morgan fingerprint density at radius 3 is 2.70 bits per heavy atom. The van der Waals surface area contributed by atoms with Crippen molar-refractivity contribution < 1.29 is 13.2 Å². The van der Waals surface area contributed by atoms with Gasteiger partial charge in [0.25, 0.3) is 0 Å². The van der Waals surface area contributed by atoms with E-state index in [1.54, 1.807) is 24.4 Å². The summed E-state index contributed by atoms with van der Waals surface area (Å²) in [6, 6.07) is 8.16. The number of nitrogens with zero attached hydrogens (tertiary/aromatic N) is 3. The van der Waals surface area contributed by atoms with E-state index < -0.39 is 11.9 Å². The molecule has 2 aromatic heterocycles. The molecule has 3 aromatic rings. The summed E-state index contributed by atoms with van der Waals surface area (Å²) < 4.78 is 39.6. The Balaban J connectivity index is 1.98. The summed E-state index contributed by atoms with van der Waals surface area (Å²) in [7, 11) is 0. The number of fused-ring (bicyclic) bond motifs is 1. The van der Waals surface area contributed by atoms with E-state index in [4.69, 9.17) is 11.6 Å². The fourth-order valence-corrected chi connectivity index (χ4v) is 2.45. The first-order chi connectivity index (χ1) is 10.9. The van der Waals surface area contributed by atoms with E-state index in [-0.39, 0.29) is 6.54 Å². The van der Waals surface area contributed by atoms with Crippen molar-refractivity contribution in [3.05, 3.63) is 65.1 Å². The van der Waals surface area contributed by atoms with Crippen molar-refractivity contribution in [2.75, 3.05) is 0 Å². The lowest BCUT2D eigenvalue weighted by atomic mass is 10.1. The van der Waals surface area contributed by atoms with Crippen LogP contribution in [-0.4, -0.2) is 14.8 Å². The molecule has 0 spiro atoms. The molecule has 23 heavy (non-hydrogen) atoms. The monoisotopic (exact) mass is 337 g/mol. The highest BCUT2D eigenvalue weighted by molar-refractivity contribution is 6.31. The SMILES string of the molecule is C=Cc1cc(C(F)(F)F)nn1Cc1ccc2ncc(Cl)cc2c1. The zero-order chi connectivity index (χ0) is 16.6. The van der Waals surface area contributed by atoms with Crippen molar-refractivity contribution in [1.82, 2.24) is 14.8 Å². The molecule has 0 amide bonds. The Kier molecular flexibility index (Phi) is 3.85. The summed E-state index contributed by atoms with van der Waals surface area (Å²) in [6.45, 7) is 3.73. The smallest absolute Gasteiger partial charge is 0.260 e.